The van der Waals surface area contributed by atoms with Crippen LogP contribution in [0.2, 0.25) is 0 Å². The lowest BCUT2D eigenvalue weighted by atomic mass is 10.0. The maximum Gasteiger partial charge on any atom is 0.125 e. The Morgan fingerprint density at radius 2 is 2.04 bits per heavy atom. The first-order valence-corrected chi connectivity index (χ1v) is 9.70. The van der Waals surface area contributed by atoms with Gasteiger partial charge in [0.05, 0.1) is 27.7 Å². The smallest absolute Gasteiger partial charge is 0.125 e. The molecule has 3 aromatic rings. The molecule has 0 saturated heterocycles. The predicted molar refractivity (Wildman–Crippen MR) is 111 cm³/mol. The summed E-state index contributed by atoms with van der Waals surface area (Å²) in [7, 11) is 6.00. The van der Waals surface area contributed by atoms with Crippen molar-refractivity contribution in [2.75, 3.05) is 32.6 Å². The highest BCUT2D eigenvalue weighted by molar-refractivity contribution is 7.18. The van der Waals surface area contributed by atoms with Gasteiger partial charge in [0.25, 0.3) is 0 Å². The van der Waals surface area contributed by atoms with Crippen molar-refractivity contribution in [1.82, 2.24) is 20.0 Å². The van der Waals surface area contributed by atoms with Gasteiger partial charge < -0.3 is 9.91 Å². The van der Waals surface area contributed by atoms with Gasteiger partial charge in [-0.25, -0.2) is 9.97 Å². The van der Waals surface area contributed by atoms with Crippen LogP contribution in [-0.2, 0) is 0 Å². The van der Waals surface area contributed by atoms with Crippen LogP contribution in [0.15, 0.2) is 41.8 Å². The van der Waals surface area contributed by atoms with E-state index in [-0.39, 0.29) is 0 Å². The summed E-state index contributed by atoms with van der Waals surface area (Å²) < 4.78 is 0. The molecule has 0 bridgehead atoms. The van der Waals surface area contributed by atoms with E-state index in [1.165, 1.54) is 0 Å². The van der Waals surface area contributed by atoms with Gasteiger partial charge in [-0.2, -0.15) is 5.10 Å². The van der Waals surface area contributed by atoms with Gasteiger partial charge in [-0.05, 0) is 31.2 Å². The third-order valence-electron chi connectivity index (χ3n) is 4.50. The molecule has 0 aliphatic carbocycles. The number of hydrazone groups is 1. The Labute approximate surface area is 163 Å². The second-order valence-electron chi connectivity index (χ2n) is 6.80. The van der Waals surface area contributed by atoms with Crippen LogP contribution < -0.4 is 4.90 Å². The van der Waals surface area contributed by atoms with E-state index in [4.69, 9.17) is 9.97 Å². The number of rotatable bonds is 3. The van der Waals surface area contributed by atoms with E-state index in [1.54, 1.807) is 17.5 Å². The largest absolute Gasteiger partial charge is 0.372 e. The summed E-state index contributed by atoms with van der Waals surface area (Å²) in [6.45, 7) is 2.99. The summed E-state index contributed by atoms with van der Waals surface area (Å²) >= 11 is 1.65. The molecule has 0 atom stereocenters. The number of aromatic nitrogens is 3. The van der Waals surface area contributed by atoms with Crippen LogP contribution in [0.4, 0.5) is 5.69 Å². The van der Waals surface area contributed by atoms with Crippen LogP contribution in [-0.4, -0.2) is 53.4 Å². The summed E-state index contributed by atoms with van der Waals surface area (Å²) in [4.78, 5) is 17.3. The Kier molecular flexibility index (Phi) is 4.61. The second-order valence-corrected chi connectivity index (χ2v) is 7.80. The lowest BCUT2D eigenvalue weighted by Gasteiger charge is -2.28. The summed E-state index contributed by atoms with van der Waals surface area (Å²) in [6.07, 6.45) is 4.51. The molecule has 1 aliphatic heterocycles. The molecule has 3 aromatic heterocycles. The van der Waals surface area contributed by atoms with Crippen molar-refractivity contribution in [3.05, 3.63) is 48.0 Å². The molecule has 0 amide bonds. The number of anilines is 1. The maximum atomic E-state index is 4.99. The number of nitrogens with zero attached hydrogens (tertiary/aromatic N) is 6. The Morgan fingerprint density at radius 3 is 2.78 bits per heavy atom. The monoisotopic (exact) mass is 378 g/mol. The van der Waals surface area contributed by atoms with Gasteiger partial charge in [0.1, 0.15) is 10.7 Å². The van der Waals surface area contributed by atoms with Gasteiger partial charge in [0.2, 0.25) is 0 Å². The molecule has 7 heteroatoms. The number of aryl methyl sites for hydroxylation is 1. The topological polar surface area (TPSA) is 57.5 Å². The molecule has 0 radical (unpaired) electrons. The van der Waals surface area contributed by atoms with E-state index in [1.807, 2.05) is 44.4 Å². The second kappa shape index (κ2) is 7.08. The third-order valence-corrected chi connectivity index (χ3v) is 5.73. The minimum atomic E-state index is 0.890. The van der Waals surface area contributed by atoms with Gasteiger partial charge in [0, 0.05) is 52.1 Å². The molecule has 4 heterocycles. The summed E-state index contributed by atoms with van der Waals surface area (Å²) in [5.41, 5.74) is 6.09. The summed E-state index contributed by atoms with van der Waals surface area (Å²) in [5, 5.41) is 7.47. The zero-order valence-corrected chi connectivity index (χ0v) is 16.8. The number of hydrogen-bond donors (Lipinski definition) is 0. The molecule has 0 spiro atoms. The fourth-order valence-electron chi connectivity index (χ4n) is 3.20. The van der Waals surface area contributed by atoms with Gasteiger partial charge in [-0.3, -0.25) is 4.98 Å². The van der Waals surface area contributed by atoms with Crippen LogP contribution in [0.1, 0.15) is 17.8 Å². The molecule has 4 rings (SSSR count). The molecular weight excluding hydrogens is 356 g/mol. The SMILES string of the molecule is Cc1nc(-c2cccnc2)sc1-c1ccc2c(n1)C(=NN(C)C)CCN2C. The molecule has 1 aliphatic rings. The lowest BCUT2D eigenvalue weighted by molar-refractivity contribution is 0.436. The molecule has 0 N–H and O–H groups in total. The third kappa shape index (κ3) is 3.42. The Morgan fingerprint density at radius 1 is 1.19 bits per heavy atom. The Balaban J connectivity index is 1.79. The number of hydrogen-bond acceptors (Lipinski definition) is 7. The molecule has 6 nitrogen and oxygen atoms in total. The van der Waals surface area contributed by atoms with Crippen LogP contribution >= 0.6 is 11.3 Å². The normalized spacial score (nSPS) is 15.1. The van der Waals surface area contributed by atoms with Gasteiger partial charge in [-0.1, -0.05) is 0 Å². The van der Waals surface area contributed by atoms with Crippen molar-refractivity contribution >= 4 is 22.7 Å². The van der Waals surface area contributed by atoms with Gasteiger partial charge in [-0.15, -0.1) is 11.3 Å². The average molecular weight is 379 g/mol. The van der Waals surface area contributed by atoms with Gasteiger partial charge >= 0.3 is 0 Å². The van der Waals surface area contributed by atoms with E-state index < -0.39 is 0 Å². The Hall–Kier alpha value is -2.80. The van der Waals surface area contributed by atoms with Crippen molar-refractivity contribution in [3.63, 3.8) is 0 Å². The van der Waals surface area contributed by atoms with E-state index in [0.717, 1.165) is 56.9 Å². The molecule has 0 aromatic carbocycles. The highest BCUT2D eigenvalue weighted by Gasteiger charge is 2.23. The molecule has 0 saturated carbocycles. The highest BCUT2D eigenvalue weighted by Crippen LogP contribution is 2.36. The minimum absolute atomic E-state index is 0.890. The zero-order valence-electron chi connectivity index (χ0n) is 16.0. The first kappa shape index (κ1) is 17.6. The van der Waals surface area contributed by atoms with Crippen molar-refractivity contribution in [2.24, 2.45) is 5.10 Å². The van der Waals surface area contributed by atoms with Crippen molar-refractivity contribution in [2.45, 2.75) is 13.3 Å². The van der Waals surface area contributed by atoms with Crippen LogP contribution in [0.25, 0.3) is 21.1 Å². The number of fused-ring (bicyclic) bond motifs is 1. The molecular formula is C20H22N6S. The van der Waals surface area contributed by atoms with E-state index in [9.17, 15) is 0 Å². The van der Waals surface area contributed by atoms with E-state index in [2.05, 4.69) is 34.2 Å². The Bertz CT molecular complexity index is 993. The van der Waals surface area contributed by atoms with Crippen molar-refractivity contribution in [1.29, 1.82) is 0 Å². The van der Waals surface area contributed by atoms with Crippen LogP contribution in [0, 0.1) is 6.92 Å². The highest BCUT2D eigenvalue weighted by atomic mass is 32.1. The first-order chi connectivity index (χ1) is 13.0. The molecule has 0 unspecified atom stereocenters. The van der Waals surface area contributed by atoms with Crippen molar-refractivity contribution < 1.29 is 0 Å². The van der Waals surface area contributed by atoms with Gasteiger partial charge in [0.15, 0.2) is 0 Å². The molecule has 138 valence electrons. The maximum absolute atomic E-state index is 4.99. The average Bonchev–Trinajstić information content (AvgIpc) is 3.06. The van der Waals surface area contributed by atoms with Crippen LogP contribution in [0.5, 0.6) is 0 Å². The molecule has 27 heavy (non-hydrogen) atoms. The summed E-state index contributed by atoms with van der Waals surface area (Å²) in [5.74, 6) is 0. The van der Waals surface area contributed by atoms with Crippen molar-refractivity contribution in [3.8, 4) is 21.1 Å². The quantitative estimate of drug-likeness (QED) is 0.651. The summed E-state index contributed by atoms with van der Waals surface area (Å²) in [6, 6.07) is 8.20. The standard InChI is InChI=1S/C20H22N6S/c1-13-19(27-20(22-13)14-6-5-10-21-12-14)16-7-8-17-18(23-16)15(24-25(2)3)9-11-26(17)4/h5-8,10,12H,9,11H2,1-4H3. The van der Waals surface area contributed by atoms with E-state index in [0.29, 0.717) is 0 Å². The fourth-order valence-corrected chi connectivity index (χ4v) is 4.22. The first-order valence-electron chi connectivity index (χ1n) is 8.88. The van der Waals surface area contributed by atoms with E-state index >= 15 is 0 Å². The zero-order chi connectivity index (χ0) is 19.0. The fraction of sp³-hybridized carbons (Fsp3) is 0.300. The minimum Gasteiger partial charge on any atom is -0.372 e. The van der Waals surface area contributed by atoms with Crippen LogP contribution in [0.3, 0.4) is 0 Å². The predicted octanol–water partition coefficient (Wildman–Crippen LogP) is 3.68. The molecule has 0 fully saturated rings. The lowest BCUT2D eigenvalue weighted by Crippen LogP contribution is -2.30. The number of pyridine rings is 2. The number of thiazole rings is 1.